The first kappa shape index (κ1) is 18.1. The minimum atomic E-state index is -0.553. The number of hydrogen-bond donors (Lipinski definition) is 0. The van der Waals surface area contributed by atoms with Gasteiger partial charge in [-0.3, -0.25) is 19.4 Å². The number of hydrogen-bond acceptors (Lipinski definition) is 4. The lowest BCUT2D eigenvalue weighted by Crippen LogP contribution is -2.48. The molecule has 5 rings (SSSR count). The Balaban J connectivity index is 1.56. The molecule has 0 unspecified atom stereocenters. The molecule has 3 aliphatic rings. The summed E-state index contributed by atoms with van der Waals surface area (Å²) in [5, 5.41) is 0. The van der Waals surface area contributed by atoms with Gasteiger partial charge in [-0.2, -0.15) is 0 Å². The van der Waals surface area contributed by atoms with Gasteiger partial charge in [0.1, 0.15) is 5.75 Å². The second-order valence-corrected chi connectivity index (χ2v) is 8.59. The summed E-state index contributed by atoms with van der Waals surface area (Å²) < 4.78 is 5.44. The number of Topliss-reactive ketones (excluding diaryl/α,β-unsaturated/α-hetero) is 1. The van der Waals surface area contributed by atoms with Gasteiger partial charge >= 0.3 is 0 Å². The van der Waals surface area contributed by atoms with E-state index in [4.69, 9.17) is 4.74 Å². The van der Waals surface area contributed by atoms with Gasteiger partial charge in [-0.25, -0.2) is 0 Å². The Morgan fingerprint density at radius 3 is 2.55 bits per heavy atom. The van der Waals surface area contributed by atoms with Crippen LogP contribution in [0.3, 0.4) is 0 Å². The van der Waals surface area contributed by atoms with Crippen LogP contribution in [0.15, 0.2) is 42.5 Å². The SMILES string of the molecule is COc1cc2c3c(c1)C(CN1CCc4ccccc4C1)=CC(C)(C)N3C(=O)C2=O. The van der Waals surface area contributed by atoms with Gasteiger partial charge in [0.05, 0.1) is 23.9 Å². The molecule has 148 valence electrons. The maximum atomic E-state index is 12.7. The van der Waals surface area contributed by atoms with E-state index in [1.54, 1.807) is 18.1 Å². The summed E-state index contributed by atoms with van der Waals surface area (Å²) in [6, 6.07) is 12.2. The lowest BCUT2D eigenvalue weighted by Gasteiger charge is -2.40. The molecule has 3 aliphatic heterocycles. The van der Waals surface area contributed by atoms with Crippen LogP contribution >= 0.6 is 0 Å². The van der Waals surface area contributed by atoms with Crippen molar-refractivity contribution in [2.75, 3.05) is 25.1 Å². The van der Waals surface area contributed by atoms with Gasteiger partial charge in [-0.05, 0) is 49.1 Å². The number of amides is 1. The normalized spacial score (nSPS) is 19.7. The van der Waals surface area contributed by atoms with Gasteiger partial charge in [-0.1, -0.05) is 30.3 Å². The van der Waals surface area contributed by atoms with Crippen molar-refractivity contribution < 1.29 is 14.3 Å². The maximum absolute atomic E-state index is 12.7. The average molecular weight is 388 g/mol. The third-order valence-electron chi connectivity index (χ3n) is 6.24. The molecular weight excluding hydrogens is 364 g/mol. The number of methoxy groups -OCH3 is 1. The van der Waals surface area contributed by atoms with E-state index in [9.17, 15) is 9.59 Å². The molecule has 1 amide bonds. The van der Waals surface area contributed by atoms with Crippen molar-refractivity contribution in [3.63, 3.8) is 0 Å². The predicted octanol–water partition coefficient (Wildman–Crippen LogP) is 3.46. The summed E-state index contributed by atoms with van der Waals surface area (Å²) in [5.74, 6) is -0.298. The van der Waals surface area contributed by atoms with Crippen molar-refractivity contribution in [2.45, 2.75) is 32.4 Å². The fraction of sp³-hybridized carbons (Fsp3) is 0.333. The quantitative estimate of drug-likeness (QED) is 0.756. The molecule has 0 aliphatic carbocycles. The van der Waals surface area contributed by atoms with Crippen molar-refractivity contribution in [1.82, 2.24) is 4.90 Å². The number of benzene rings is 2. The Kier molecular flexibility index (Phi) is 3.93. The maximum Gasteiger partial charge on any atom is 0.300 e. The lowest BCUT2D eigenvalue weighted by molar-refractivity contribution is -0.115. The molecule has 5 nitrogen and oxygen atoms in total. The molecule has 0 atom stereocenters. The number of ether oxygens (including phenoxy) is 1. The molecule has 29 heavy (non-hydrogen) atoms. The molecule has 0 bridgehead atoms. The fourth-order valence-corrected chi connectivity index (χ4v) is 4.88. The molecule has 0 radical (unpaired) electrons. The van der Waals surface area contributed by atoms with Crippen molar-refractivity contribution in [3.8, 4) is 5.75 Å². The molecule has 0 fully saturated rings. The number of carbonyl (C=O) groups is 2. The highest BCUT2D eigenvalue weighted by molar-refractivity contribution is 6.53. The van der Waals surface area contributed by atoms with Gasteiger partial charge in [-0.15, -0.1) is 0 Å². The summed E-state index contributed by atoms with van der Waals surface area (Å²) in [6.45, 7) is 6.65. The molecule has 0 N–H and O–H groups in total. The van der Waals surface area contributed by atoms with Crippen LogP contribution in [0, 0.1) is 0 Å². The molecule has 2 aromatic carbocycles. The van der Waals surface area contributed by atoms with E-state index in [-0.39, 0.29) is 0 Å². The summed E-state index contributed by atoms with van der Waals surface area (Å²) in [4.78, 5) is 29.5. The first-order chi connectivity index (χ1) is 13.9. The van der Waals surface area contributed by atoms with Crippen molar-refractivity contribution in [2.24, 2.45) is 0 Å². The van der Waals surface area contributed by atoms with E-state index in [0.717, 1.165) is 42.9 Å². The van der Waals surface area contributed by atoms with Gasteiger partial charge in [0.2, 0.25) is 0 Å². The zero-order valence-electron chi connectivity index (χ0n) is 17.0. The van der Waals surface area contributed by atoms with Crippen molar-refractivity contribution in [3.05, 3.63) is 64.7 Å². The summed E-state index contributed by atoms with van der Waals surface area (Å²) in [6.07, 6.45) is 3.17. The molecular formula is C24H24N2O3. The molecule has 0 aromatic heterocycles. The van der Waals surface area contributed by atoms with Crippen molar-refractivity contribution >= 4 is 23.0 Å². The first-order valence-corrected chi connectivity index (χ1v) is 10.0. The van der Waals surface area contributed by atoms with Crippen LogP contribution in [0.25, 0.3) is 5.57 Å². The van der Waals surface area contributed by atoms with E-state index in [1.807, 2.05) is 19.9 Å². The number of fused-ring (bicyclic) bond motifs is 1. The third-order valence-corrected chi connectivity index (χ3v) is 6.24. The Hall–Kier alpha value is -2.92. The van der Waals surface area contributed by atoms with E-state index in [2.05, 4.69) is 35.2 Å². The molecule has 0 spiro atoms. The van der Waals surface area contributed by atoms with Crippen LogP contribution in [-0.4, -0.2) is 42.3 Å². The zero-order chi connectivity index (χ0) is 20.3. The number of anilines is 1. The van der Waals surface area contributed by atoms with E-state index >= 15 is 0 Å². The average Bonchev–Trinajstić information content (AvgIpc) is 2.97. The lowest BCUT2D eigenvalue weighted by atomic mass is 9.87. The van der Waals surface area contributed by atoms with Gasteiger partial charge in [0.15, 0.2) is 0 Å². The molecule has 5 heteroatoms. The van der Waals surface area contributed by atoms with E-state index in [1.165, 1.54) is 11.1 Å². The number of carbonyl (C=O) groups excluding carboxylic acids is 2. The summed E-state index contributed by atoms with van der Waals surface area (Å²) >= 11 is 0. The minimum absolute atomic E-state index is 0.449. The van der Waals surface area contributed by atoms with Crippen LogP contribution < -0.4 is 9.64 Å². The van der Waals surface area contributed by atoms with E-state index < -0.39 is 17.2 Å². The first-order valence-electron chi connectivity index (χ1n) is 10.0. The highest BCUT2D eigenvalue weighted by Gasteiger charge is 2.47. The molecule has 0 saturated heterocycles. The van der Waals surface area contributed by atoms with Crippen LogP contribution in [0.1, 0.15) is 40.9 Å². The Bertz CT molecular complexity index is 1080. The topological polar surface area (TPSA) is 49.9 Å². The third kappa shape index (κ3) is 2.72. The molecule has 0 saturated carbocycles. The molecule has 3 heterocycles. The zero-order valence-corrected chi connectivity index (χ0v) is 17.0. The van der Waals surface area contributed by atoms with Gasteiger partial charge in [0, 0.05) is 25.2 Å². The van der Waals surface area contributed by atoms with Crippen LogP contribution in [0.2, 0.25) is 0 Å². The fourth-order valence-electron chi connectivity index (χ4n) is 4.88. The Morgan fingerprint density at radius 2 is 1.79 bits per heavy atom. The number of ketones is 1. The largest absolute Gasteiger partial charge is 0.497 e. The second-order valence-electron chi connectivity index (χ2n) is 8.59. The molecule has 2 aromatic rings. The van der Waals surface area contributed by atoms with Crippen LogP contribution in [0.5, 0.6) is 5.75 Å². The predicted molar refractivity (Wildman–Crippen MR) is 112 cm³/mol. The Morgan fingerprint density at radius 1 is 1.07 bits per heavy atom. The highest BCUT2D eigenvalue weighted by atomic mass is 16.5. The minimum Gasteiger partial charge on any atom is -0.497 e. The smallest absolute Gasteiger partial charge is 0.300 e. The van der Waals surface area contributed by atoms with Gasteiger partial charge < -0.3 is 4.74 Å². The summed E-state index contributed by atoms with van der Waals surface area (Å²) in [7, 11) is 1.59. The van der Waals surface area contributed by atoms with Crippen LogP contribution in [0.4, 0.5) is 5.69 Å². The number of rotatable bonds is 3. The standard InChI is InChI=1S/C24H24N2O3/c1-24(2)12-17(14-25-9-8-15-6-4-5-7-16(15)13-25)19-10-18(29-3)11-20-21(19)26(24)23(28)22(20)27/h4-7,10-12H,8-9,13-14H2,1-3H3. The van der Waals surface area contributed by atoms with Gasteiger partial charge in [0.25, 0.3) is 11.7 Å². The van der Waals surface area contributed by atoms with E-state index in [0.29, 0.717) is 11.3 Å². The van der Waals surface area contributed by atoms with Crippen molar-refractivity contribution in [1.29, 1.82) is 0 Å². The monoisotopic (exact) mass is 388 g/mol. The summed E-state index contributed by atoms with van der Waals surface area (Å²) in [5.41, 5.74) is 5.50. The highest BCUT2D eigenvalue weighted by Crippen LogP contribution is 2.47. The number of nitrogens with zero attached hydrogens (tertiary/aromatic N) is 2. The second kappa shape index (κ2) is 6.29. The Labute approximate surface area is 170 Å². The van der Waals surface area contributed by atoms with Crippen LogP contribution in [-0.2, 0) is 17.8 Å².